The van der Waals surface area contributed by atoms with Crippen molar-refractivity contribution in [3.8, 4) is 0 Å². The number of furan rings is 1. The average molecular weight is 405 g/mol. The molecule has 25 heavy (non-hydrogen) atoms. The smallest absolute Gasteiger partial charge is 0.191 e. The fourth-order valence-corrected chi connectivity index (χ4v) is 3.44. The van der Waals surface area contributed by atoms with Crippen molar-refractivity contribution in [3.63, 3.8) is 0 Å². The first kappa shape index (κ1) is 17.9. The highest BCUT2D eigenvalue weighted by Gasteiger charge is 2.22. The van der Waals surface area contributed by atoms with E-state index in [0.717, 1.165) is 42.4 Å². The Labute approximate surface area is 157 Å². The minimum Gasteiger partial charge on any atom is -0.467 e. The summed E-state index contributed by atoms with van der Waals surface area (Å²) in [6.07, 6.45) is 2.87. The molecule has 5 nitrogen and oxygen atoms in total. The van der Waals surface area contributed by atoms with E-state index in [1.54, 1.807) is 6.26 Å². The zero-order valence-electron chi connectivity index (χ0n) is 14.5. The third-order valence-corrected chi connectivity index (χ3v) is 4.83. The largest absolute Gasteiger partial charge is 0.467 e. The van der Waals surface area contributed by atoms with Crippen molar-refractivity contribution in [1.29, 1.82) is 0 Å². The number of nitrogens with zero attached hydrogens (tertiary/aromatic N) is 2. The minimum absolute atomic E-state index is 0.553. The van der Waals surface area contributed by atoms with Crippen molar-refractivity contribution >= 4 is 27.6 Å². The first-order valence-electron chi connectivity index (χ1n) is 8.79. The molecule has 0 aliphatic carbocycles. The quantitative estimate of drug-likeness (QED) is 0.570. The topological polar surface area (TPSA) is 52.8 Å². The van der Waals surface area contributed by atoms with Gasteiger partial charge in [0.25, 0.3) is 0 Å². The van der Waals surface area contributed by atoms with Crippen LogP contribution in [-0.2, 0) is 6.54 Å². The Morgan fingerprint density at radius 2 is 2.24 bits per heavy atom. The number of rotatable bonds is 6. The summed E-state index contributed by atoms with van der Waals surface area (Å²) < 4.78 is 6.47. The normalized spacial score (nSPS) is 17.8. The van der Waals surface area contributed by atoms with Gasteiger partial charge >= 0.3 is 0 Å². The molecule has 1 unspecified atom stereocenters. The summed E-state index contributed by atoms with van der Waals surface area (Å²) in [5.41, 5.74) is 1.29. The van der Waals surface area contributed by atoms with Gasteiger partial charge in [0.1, 0.15) is 12.3 Å². The van der Waals surface area contributed by atoms with Gasteiger partial charge in [-0.05, 0) is 49.6 Å². The number of nitrogens with one attached hydrogen (secondary N) is 2. The van der Waals surface area contributed by atoms with Crippen LogP contribution in [0.15, 0.2) is 56.5 Å². The summed E-state index contributed by atoms with van der Waals surface area (Å²) in [6.45, 7) is 6.57. The number of aliphatic imine (C=N–C) groups is 1. The fourth-order valence-electron chi connectivity index (χ4n) is 3.05. The summed E-state index contributed by atoms with van der Waals surface area (Å²) in [7, 11) is 0. The van der Waals surface area contributed by atoms with Crippen LogP contribution in [0.4, 0.5) is 5.69 Å². The molecule has 1 fully saturated rings. The summed E-state index contributed by atoms with van der Waals surface area (Å²) in [5.74, 6) is 2.34. The van der Waals surface area contributed by atoms with Gasteiger partial charge in [0.2, 0.25) is 0 Å². The maximum atomic E-state index is 5.34. The molecule has 2 heterocycles. The van der Waals surface area contributed by atoms with Gasteiger partial charge in [-0.15, -0.1) is 0 Å². The number of benzene rings is 1. The van der Waals surface area contributed by atoms with Crippen LogP contribution >= 0.6 is 15.9 Å². The predicted molar refractivity (Wildman–Crippen MR) is 106 cm³/mol. The van der Waals surface area contributed by atoms with Gasteiger partial charge in [-0.25, -0.2) is 4.99 Å². The Hall–Kier alpha value is -1.95. The van der Waals surface area contributed by atoms with E-state index < -0.39 is 0 Å². The Morgan fingerprint density at radius 1 is 1.32 bits per heavy atom. The van der Waals surface area contributed by atoms with E-state index in [1.165, 1.54) is 12.1 Å². The maximum Gasteiger partial charge on any atom is 0.191 e. The molecule has 0 bridgehead atoms. The van der Waals surface area contributed by atoms with Gasteiger partial charge in [0.15, 0.2) is 5.96 Å². The van der Waals surface area contributed by atoms with Gasteiger partial charge in [-0.2, -0.15) is 0 Å². The molecule has 1 saturated heterocycles. The van der Waals surface area contributed by atoms with Crippen LogP contribution in [0.2, 0.25) is 0 Å². The number of anilines is 1. The molecule has 6 heteroatoms. The molecular weight excluding hydrogens is 380 g/mol. The van der Waals surface area contributed by atoms with Crippen LogP contribution < -0.4 is 15.5 Å². The second kappa shape index (κ2) is 8.94. The first-order valence-corrected chi connectivity index (χ1v) is 9.59. The second-order valence-electron chi connectivity index (χ2n) is 6.24. The van der Waals surface area contributed by atoms with Crippen LogP contribution in [0, 0.1) is 5.92 Å². The summed E-state index contributed by atoms with van der Waals surface area (Å²) in [4.78, 5) is 7.03. The van der Waals surface area contributed by atoms with Crippen molar-refractivity contribution in [2.45, 2.75) is 19.9 Å². The molecule has 1 aromatic heterocycles. The van der Waals surface area contributed by atoms with E-state index >= 15 is 0 Å². The van der Waals surface area contributed by atoms with Crippen molar-refractivity contribution in [1.82, 2.24) is 10.6 Å². The van der Waals surface area contributed by atoms with Crippen molar-refractivity contribution in [2.24, 2.45) is 10.9 Å². The summed E-state index contributed by atoms with van der Waals surface area (Å²) in [6, 6.07) is 12.4. The zero-order chi connectivity index (χ0) is 17.5. The molecule has 1 aliphatic rings. The molecule has 2 aromatic rings. The van der Waals surface area contributed by atoms with E-state index in [4.69, 9.17) is 4.42 Å². The zero-order valence-corrected chi connectivity index (χ0v) is 16.1. The lowest BCUT2D eigenvalue weighted by molar-refractivity contribution is 0.511. The minimum atomic E-state index is 0.553. The number of hydrogen-bond acceptors (Lipinski definition) is 3. The molecule has 2 N–H and O–H groups in total. The monoisotopic (exact) mass is 404 g/mol. The third-order valence-electron chi connectivity index (χ3n) is 4.33. The van der Waals surface area contributed by atoms with Gasteiger partial charge in [0.05, 0.1) is 6.26 Å². The molecule has 0 spiro atoms. The van der Waals surface area contributed by atoms with Crippen LogP contribution in [-0.4, -0.2) is 32.1 Å². The van der Waals surface area contributed by atoms with Gasteiger partial charge in [-0.3, -0.25) is 0 Å². The predicted octanol–water partition coefficient (Wildman–Crippen LogP) is 3.62. The van der Waals surface area contributed by atoms with E-state index in [9.17, 15) is 0 Å². The highest BCUT2D eigenvalue weighted by atomic mass is 79.9. The Bertz CT molecular complexity index is 686. The van der Waals surface area contributed by atoms with E-state index in [-0.39, 0.29) is 0 Å². The van der Waals surface area contributed by atoms with Crippen LogP contribution in [0.25, 0.3) is 0 Å². The van der Waals surface area contributed by atoms with Crippen molar-refractivity contribution in [2.75, 3.05) is 31.1 Å². The standard InChI is InChI=1S/C19H25BrN4O/c1-2-21-19(23-13-18-7-4-10-25-18)22-12-15-8-9-24(14-15)17-6-3-5-16(20)11-17/h3-7,10-11,15H,2,8-9,12-14H2,1H3,(H2,21,22,23). The van der Waals surface area contributed by atoms with Crippen LogP contribution in [0.3, 0.4) is 0 Å². The third kappa shape index (κ3) is 5.26. The Balaban J connectivity index is 1.50. The SMILES string of the molecule is CCNC(=NCc1ccco1)NCC1CCN(c2cccc(Br)c2)C1. The molecule has 1 aromatic carbocycles. The van der Waals surface area contributed by atoms with Gasteiger partial charge in [0, 0.05) is 36.3 Å². The van der Waals surface area contributed by atoms with Gasteiger partial charge < -0.3 is 20.0 Å². The lowest BCUT2D eigenvalue weighted by Crippen LogP contribution is -2.40. The number of hydrogen-bond donors (Lipinski definition) is 2. The van der Waals surface area contributed by atoms with Crippen LogP contribution in [0.5, 0.6) is 0 Å². The molecule has 0 amide bonds. The Morgan fingerprint density at radius 3 is 3.00 bits per heavy atom. The number of halogens is 1. The molecule has 0 radical (unpaired) electrons. The lowest BCUT2D eigenvalue weighted by atomic mass is 10.1. The summed E-state index contributed by atoms with van der Waals surface area (Å²) in [5, 5.41) is 6.77. The first-order chi connectivity index (χ1) is 12.2. The molecular formula is C19H25BrN4O. The highest BCUT2D eigenvalue weighted by molar-refractivity contribution is 9.10. The molecule has 134 valence electrons. The maximum absolute atomic E-state index is 5.34. The second-order valence-corrected chi connectivity index (χ2v) is 7.15. The molecule has 3 rings (SSSR count). The van der Waals surface area contributed by atoms with Gasteiger partial charge in [-0.1, -0.05) is 22.0 Å². The van der Waals surface area contributed by atoms with E-state index in [0.29, 0.717) is 12.5 Å². The van der Waals surface area contributed by atoms with Crippen molar-refractivity contribution in [3.05, 3.63) is 52.9 Å². The van der Waals surface area contributed by atoms with Crippen molar-refractivity contribution < 1.29 is 4.42 Å². The lowest BCUT2D eigenvalue weighted by Gasteiger charge is -2.19. The molecule has 1 aliphatic heterocycles. The summed E-state index contributed by atoms with van der Waals surface area (Å²) >= 11 is 3.55. The number of guanidine groups is 1. The highest BCUT2D eigenvalue weighted by Crippen LogP contribution is 2.25. The Kier molecular flexibility index (Phi) is 6.39. The molecule has 0 saturated carbocycles. The van der Waals surface area contributed by atoms with E-state index in [1.807, 2.05) is 12.1 Å². The van der Waals surface area contributed by atoms with E-state index in [2.05, 4.69) is 67.6 Å². The van der Waals surface area contributed by atoms with Crippen LogP contribution in [0.1, 0.15) is 19.1 Å². The molecule has 1 atom stereocenters. The average Bonchev–Trinajstić information content (AvgIpc) is 3.29. The fraction of sp³-hybridized carbons (Fsp3) is 0.421.